The quantitative estimate of drug-likeness (QED) is 0.551. The second kappa shape index (κ2) is 10.2. The number of pyridine rings is 1. The largest absolute Gasteiger partial charge is 0.390 e. The molecule has 7 nitrogen and oxygen atoms in total. The number of nitrogens with one attached hydrogen (secondary N) is 2. The van der Waals surface area contributed by atoms with Crippen LogP contribution in [0, 0.1) is 16.7 Å². The van der Waals surface area contributed by atoms with Crippen molar-refractivity contribution < 1.29 is 14.7 Å². The fraction of sp³-hybridized carbons (Fsp3) is 0.750. The number of aromatic nitrogens is 1. The maximum absolute atomic E-state index is 12.9. The van der Waals surface area contributed by atoms with Crippen molar-refractivity contribution in [1.29, 1.82) is 0 Å². The highest BCUT2D eigenvalue weighted by Gasteiger charge is 2.61. The van der Waals surface area contributed by atoms with Crippen molar-refractivity contribution in [1.82, 2.24) is 20.5 Å². The predicted octanol–water partition coefficient (Wildman–Crippen LogP) is 3.41. The summed E-state index contributed by atoms with van der Waals surface area (Å²) in [7, 11) is 0. The molecule has 194 valence electrons. The monoisotopic (exact) mass is 484 g/mol. The van der Waals surface area contributed by atoms with Crippen LogP contribution in [-0.4, -0.2) is 57.6 Å². The Morgan fingerprint density at radius 1 is 1.17 bits per heavy atom. The van der Waals surface area contributed by atoms with Gasteiger partial charge in [0.05, 0.1) is 5.60 Å². The van der Waals surface area contributed by atoms with Gasteiger partial charge in [0.15, 0.2) is 0 Å². The number of likely N-dealkylation sites (tertiary alicyclic amines) is 1. The highest BCUT2D eigenvalue weighted by molar-refractivity contribution is 5.76. The molecule has 3 aliphatic rings. The molecule has 2 heterocycles. The number of carbonyl (C=O) groups is 2. The Balaban J connectivity index is 1.46. The van der Waals surface area contributed by atoms with Crippen LogP contribution in [0.3, 0.4) is 0 Å². The van der Waals surface area contributed by atoms with Crippen molar-refractivity contribution in [2.45, 2.75) is 103 Å². The summed E-state index contributed by atoms with van der Waals surface area (Å²) in [5.74, 6) is 0.603. The van der Waals surface area contributed by atoms with E-state index < -0.39 is 5.60 Å². The Labute approximate surface area is 210 Å². The van der Waals surface area contributed by atoms with Crippen molar-refractivity contribution in [3.63, 3.8) is 0 Å². The van der Waals surface area contributed by atoms with E-state index in [4.69, 9.17) is 0 Å². The van der Waals surface area contributed by atoms with Gasteiger partial charge in [0.2, 0.25) is 11.8 Å². The summed E-state index contributed by atoms with van der Waals surface area (Å²) < 4.78 is 0. The lowest BCUT2D eigenvalue weighted by Crippen LogP contribution is -2.55. The summed E-state index contributed by atoms with van der Waals surface area (Å²) in [6.45, 7) is 10.4. The third-order valence-electron chi connectivity index (χ3n) is 9.24. The van der Waals surface area contributed by atoms with Crippen LogP contribution < -0.4 is 10.6 Å². The lowest BCUT2D eigenvalue weighted by molar-refractivity contribution is -0.130. The molecule has 1 saturated heterocycles. The van der Waals surface area contributed by atoms with E-state index in [2.05, 4.69) is 29.5 Å². The van der Waals surface area contributed by atoms with Crippen molar-refractivity contribution >= 4 is 11.8 Å². The molecule has 0 radical (unpaired) electrons. The van der Waals surface area contributed by atoms with Crippen LogP contribution in [0.25, 0.3) is 0 Å². The van der Waals surface area contributed by atoms with Gasteiger partial charge in [0.1, 0.15) is 0 Å². The first-order valence-electron chi connectivity index (χ1n) is 13.4. The number of carbonyl (C=O) groups excluding carboxylic acids is 2. The summed E-state index contributed by atoms with van der Waals surface area (Å²) in [5.41, 5.74) is 0.447. The number of aliphatic hydroxyl groups is 1. The lowest BCUT2D eigenvalue weighted by Gasteiger charge is -2.51. The molecule has 2 saturated carbocycles. The number of amides is 2. The van der Waals surface area contributed by atoms with Gasteiger partial charge in [-0.25, -0.2) is 0 Å². The van der Waals surface area contributed by atoms with Gasteiger partial charge >= 0.3 is 0 Å². The highest BCUT2D eigenvalue weighted by atomic mass is 16.3. The van der Waals surface area contributed by atoms with Crippen molar-refractivity contribution in [3.8, 4) is 0 Å². The Morgan fingerprint density at radius 3 is 2.57 bits per heavy atom. The van der Waals surface area contributed by atoms with Gasteiger partial charge in [-0.1, -0.05) is 19.9 Å². The fourth-order valence-corrected chi connectivity index (χ4v) is 7.25. The minimum absolute atomic E-state index is 0.00487. The Kier molecular flexibility index (Phi) is 7.58. The second-order valence-corrected chi connectivity index (χ2v) is 12.3. The number of rotatable bonds is 7. The average molecular weight is 485 g/mol. The molecule has 35 heavy (non-hydrogen) atoms. The zero-order chi connectivity index (χ0) is 25.3. The molecule has 4 atom stereocenters. The lowest BCUT2D eigenvalue weighted by atomic mass is 9.57. The fourth-order valence-electron chi connectivity index (χ4n) is 7.25. The minimum Gasteiger partial charge on any atom is -0.390 e. The first-order chi connectivity index (χ1) is 16.5. The average Bonchev–Trinajstić information content (AvgIpc) is 3.02. The van der Waals surface area contributed by atoms with E-state index in [0.717, 1.165) is 63.6 Å². The molecular weight excluding hydrogens is 440 g/mol. The van der Waals surface area contributed by atoms with Gasteiger partial charge in [-0.05, 0) is 80.2 Å². The van der Waals surface area contributed by atoms with Gasteiger partial charge in [-0.15, -0.1) is 0 Å². The number of nitrogens with zero attached hydrogens (tertiary/aromatic N) is 2. The number of hydrogen-bond acceptors (Lipinski definition) is 5. The van der Waals surface area contributed by atoms with Gasteiger partial charge in [0, 0.05) is 57.5 Å². The van der Waals surface area contributed by atoms with E-state index >= 15 is 0 Å². The van der Waals surface area contributed by atoms with E-state index in [1.807, 2.05) is 24.0 Å². The molecule has 3 N–H and O–H groups in total. The zero-order valence-corrected chi connectivity index (χ0v) is 22.0. The number of hydrogen-bond donors (Lipinski definition) is 3. The predicted molar refractivity (Wildman–Crippen MR) is 136 cm³/mol. The van der Waals surface area contributed by atoms with Crippen molar-refractivity contribution in [2.75, 3.05) is 13.1 Å². The van der Waals surface area contributed by atoms with Crippen LogP contribution in [0.2, 0.25) is 0 Å². The smallest absolute Gasteiger partial charge is 0.220 e. The molecule has 1 aromatic heterocycles. The molecule has 0 aromatic carbocycles. The molecule has 2 aliphatic carbocycles. The van der Waals surface area contributed by atoms with E-state index in [1.165, 1.54) is 0 Å². The number of fused-ring (bicyclic) bond motifs is 1. The maximum Gasteiger partial charge on any atom is 0.220 e. The summed E-state index contributed by atoms with van der Waals surface area (Å²) >= 11 is 0. The van der Waals surface area contributed by atoms with Gasteiger partial charge < -0.3 is 20.6 Å². The first-order valence-corrected chi connectivity index (χ1v) is 13.4. The first kappa shape index (κ1) is 26.1. The Bertz CT molecular complexity index is 895. The molecule has 1 aliphatic heterocycles. The van der Waals surface area contributed by atoms with Crippen LogP contribution in [0.5, 0.6) is 0 Å². The summed E-state index contributed by atoms with van der Waals surface area (Å²) in [4.78, 5) is 30.7. The van der Waals surface area contributed by atoms with E-state index in [1.54, 1.807) is 19.3 Å². The molecule has 7 heteroatoms. The summed E-state index contributed by atoms with van der Waals surface area (Å²) in [5, 5.41) is 18.1. The van der Waals surface area contributed by atoms with Crippen LogP contribution in [-0.2, 0) is 16.1 Å². The van der Waals surface area contributed by atoms with Crippen LogP contribution >= 0.6 is 0 Å². The zero-order valence-electron chi connectivity index (χ0n) is 22.0. The van der Waals surface area contributed by atoms with Crippen LogP contribution in [0.1, 0.15) is 84.6 Å². The van der Waals surface area contributed by atoms with Crippen molar-refractivity contribution in [2.24, 2.45) is 16.7 Å². The maximum atomic E-state index is 12.9. The van der Waals surface area contributed by atoms with Gasteiger partial charge in [0.25, 0.3) is 0 Å². The van der Waals surface area contributed by atoms with E-state index in [-0.39, 0.29) is 22.6 Å². The van der Waals surface area contributed by atoms with Gasteiger partial charge in [-0.2, -0.15) is 0 Å². The van der Waals surface area contributed by atoms with Crippen molar-refractivity contribution in [3.05, 3.63) is 30.1 Å². The summed E-state index contributed by atoms with van der Waals surface area (Å²) in [6.07, 6.45) is 10.4. The molecule has 4 unspecified atom stereocenters. The third-order valence-corrected chi connectivity index (χ3v) is 9.24. The molecule has 4 rings (SSSR count). The normalized spacial score (nSPS) is 32.8. The third kappa shape index (κ3) is 5.88. The molecule has 1 aromatic rings. The minimum atomic E-state index is -0.643. The molecule has 0 bridgehead atoms. The van der Waals surface area contributed by atoms with Crippen LogP contribution in [0.4, 0.5) is 0 Å². The molecule has 3 fully saturated rings. The van der Waals surface area contributed by atoms with Crippen LogP contribution in [0.15, 0.2) is 24.5 Å². The Hall–Kier alpha value is -1.99. The molecule has 2 amide bonds. The van der Waals surface area contributed by atoms with E-state index in [9.17, 15) is 14.7 Å². The topological polar surface area (TPSA) is 94.6 Å². The molecular formula is C28H44N4O3. The SMILES string of the molecule is CC(=O)N1CCC(NC2CC(C)(C)C3CC(C)(O)CCC23CCC(=O)NCc2cccnc2)CC1. The Morgan fingerprint density at radius 2 is 1.91 bits per heavy atom. The number of piperidine rings is 1. The van der Waals surface area contributed by atoms with E-state index in [0.29, 0.717) is 31.0 Å². The second-order valence-electron chi connectivity index (χ2n) is 12.3. The summed E-state index contributed by atoms with van der Waals surface area (Å²) in [6, 6.07) is 4.57. The molecule has 0 spiro atoms. The van der Waals surface area contributed by atoms with Gasteiger partial charge in [-0.3, -0.25) is 14.6 Å². The highest BCUT2D eigenvalue weighted by Crippen LogP contribution is 2.64. The standard InChI is InChI=1S/C28H44N4O3/c1-20(33)32-14-8-22(9-15-32)31-24-17-26(2,3)23-16-27(4,35)11-12-28(23,24)10-7-25(34)30-19-21-6-5-13-29-18-21/h5-6,13,18,22-24,31,35H,7-12,14-17,19H2,1-4H3,(H,30,34).